The van der Waals surface area contributed by atoms with E-state index >= 15 is 0 Å². The minimum Gasteiger partial charge on any atom is -0.354 e. The van der Waals surface area contributed by atoms with Crippen molar-refractivity contribution in [2.45, 2.75) is 45.7 Å². The zero-order chi connectivity index (χ0) is 16.7. The van der Waals surface area contributed by atoms with Gasteiger partial charge in [-0.15, -0.1) is 24.8 Å². The van der Waals surface area contributed by atoms with Crippen LogP contribution in [0.3, 0.4) is 0 Å². The first kappa shape index (κ1) is 24.2. The lowest BCUT2D eigenvalue weighted by Gasteiger charge is -2.32. The second kappa shape index (κ2) is 12.5. The number of piperidine rings is 1. The predicted molar refractivity (Wildman–Crippen MR) is 109 cm³/mol. The first-order valence-electron chi connectivity index (χ1n) is 8.84. The molecule has 1 saturated heterocycles. The van der Waals surface area contributed by atoms with Gasteiger partial charge in [-0.2, -0.15) is 0 Å². The van der Waals surface area contributed by atoms with E-state index in [4.69, 9.17) is 5.73 Å². The minimum atomic E-state index is -0.367. The first-order chi connectivity index (χ1) is 11.0. The molecule has 1 aromatic carbocycles. The van der Waals surface area contributed by atoms with E-state index in [1.807, 2.05) is 0 Å². The van der Waals surface area contributed by atoms with Crippen LogP contribution in [0.5, 0.6) is 0 Å². The number of nitrogens with zero attached hydrogens (tertiary/aromatic N) is 1. The van der Waals surface area contributed by atoms with Crippen LogP contribution in [0.2, 0.25) is 0 Å². The predicted octanol–water partition coefficient (Wildman–Crippen LogP) is 3.23. The Morgan fingerprint density at radius 1 is 1.20 bits per heavy atom. The summed E-state index contributed by atoms with van der Waals surface area (Å²) in [5.74, 6) is 1.04. The molecule has 0 radical (unpaired) electrons. The largest absolute Gasteiger partial charge is 0.354 e. The van der Waals surface area contributed by atoms with Gasteiger partial charge in [0.2, 0.25) is 5.91 Å². The SMILES string of the molecule is CC(C)C[C@H](N)C(=O)NCC1CCN(Cc2ccccc2)CC1.Cl.Cl. The normalized spacial score (nSPS) is 16.6. The van der Waals surface area contributed by atoms with Crippen molar-refractivity contribution in [3.8, 4) is 0 Å². The number of carbonyl (C=O) groups excluding carboxylic acids is 1. The van der Waals surface area contributed by atoms with Crippen LogP contribution >= 0.6 is 24.8 Å². The Morgan fingerprint density at radius 2 is 1.80 bits per heavy atom. The van der Waals surface area contributed by atoms with Gasteiger partial charge in [0.15, 0.2) is 0 Å². The van der Waals surface area contributed by atoms with E-state index in [1.54, 1.807) is 0 Å². The second-order valence-electron chi connectivity index (χ2n) is 7.19. The standard InChI is InChI=1S/C19H31N3O.2ClH/c1-15(2)12-18(20)19(23)21-13-16-8-10-22(11-9-16)14-17-6-4-3-5-7-17;;/h3-7,15-16,18H,8-14,20H2,1-2H3,(H,21,23);2*1H/t18-;;/m0../s1. The maximum atomic E-state index is 12.0. The fourth-order valence-corrected chi connectivity index (χ4v) is 3.18. The molecule has 2 rings (SSSR count). The molecule has 1 heterocycles. The molecule has 0 bridgehead atoms. The van der Waals surface area contributed by atoms with Gasteiger partial charge in [0.1, 0.15) is 0 Å². The minimum absolute atomic E-state index is 0. The van der Waals surface area contributed by atoms with E-state index in [2.05, 4.69) is 54.4 Å². The molecule has 0 aliphatic carbocycles. The Hall–Kier alpha value is -0.810. The summed E-state index contributed by atoms with van der Waals surface area (Å²) in [5.41, 5.74) is 7.30. The number of nitrogens with one attached hydrogen (secondary N) is 1. The molecule has 0 spiro atoms. The number of nitrogens with two attached hydrogens (primary N) is 1. The highest BCUT2D eigenvalue weighted by atomic mass is 35.5. The van der Waals surface area contributed by atoms with Crippen LogP contribution in [0.1, 0.15) is 38.7 Å². The van der Waals surface area contributed by atoms with Gasteiger partial charge in [0.25, 0.3) is 0 Å². The molecule has 1 aromatic rings. The summed E-state index contributed by atoms with van der Waals surface area (Å²) in [6.45, 7) is 8.19. The van der Waals surface area contributed by atoms with Crippen LogP contribution in [0.4, 0.5) is 0 Å². The molecule has 6 heteroatoms. The Labute approximate surface area is 164 Å². The Balaban J connectivity index is 0.00000288. The molecule has 0 aromatic heterocycles. The Bertz CT molecular complexity index is 477. The number of benzene rings is 1. The van der Waals surface area contributed by atoms with Gasteiger partial charge < -0.3 is 11.1 Å². The van der Waals surface area contributed by atoms with Crippen LogP contribution in [0.15, 0.2) is 30.3 Å². The number of likely N-dealkylation sites (tertiary alicyclic amines) is 1. The third-order valence-electron chi connectivity index (χ3n) is 4.58. The average molecular weight is 390 g/mol. The zero-order valence-corrected chi connectivity index (χ0v) is 17.0. The molecule has 4 nitrogen and oxygen atoms in total. The molecule has 1 fully saturated rings. The van der Waals surface area contributed by atoms with Gasteiger partial charge >= 0.3 is 0 Å². The highest BCUT2D eigenvalue weighted by molar-refractivity contribution is 5.85. The van der Waals surface area contributed by atoms with Crippen molar-refractivity contribution in [2.75, 3.05) is 19.6 Å². The second-order valence-corrected chi connectivity index (χ2v) is 7.19. The van der Waals surface area contributed by atoms with Crippen molar-refractivity contribution < 1.29 is 4.79 Å². The van der Waals surface area contributed by atoms with Crippen molar-refractivity contribution in [3.63, 3.8) is 0 Å². The average Bonchev–Trinajstić information content (AvgIpc) is 2.54. The lowest BCUT2D eigenvalue weighted by atomic mass is 9.96. The van der Waals surface area contributed by atoms with E-state index < -0.39 is 0 Å². The molecule has 1 aliphatic rings. The highest BCUT2D eigenvalue weighted by Gasteiger charge is 2.21. The number of halogens is 2. The number of amides is 1. The molecular weight excluding hydrogens is 357 g/mol. The van der Waals surface area contributed by atoms with Crippen molar-refractivity contribution in [3.05, 3.63) is 35.9 Å². The molecule has 1 aliphatic heterocycles. The van der Waals surface area contributed by atoms with Crippen LogP contribution in [-0.4, -0.2) is 36.5 Å². The third-order valence-corrected chi connectivity index (χ3v) is 4.58. The van der Waals surface area contributed by atoms with Gasteiger partial charge in [-0.05, 0) is 49.8 Å². The molecule has 25 heavy (non-hydrogen) atoms. The summed E-state index contributed by atoms with van der Waals surface area (Å²) in [4.78, 5) is 14.5. The van der Waals surface area contributed by atoms with E-state index in [0.717, 1.165) is 45.4 Å². The lowest BCUT2D eigenvalue weighted by molar-refractivity contribution is -0.122. The monoisotopic (exact) mass is 389 g/mol. The summed E-state index contributed by atoms with van der Waals surface area (Å²) in [6.07, 6.45) is 3.04. The first-order valence-corrected chi connectivity index (χ1v) is 8.84. The van der Waals surface area contributed by atoms with E-state index in [1.165, 1.54) is 5.56 Å². The topological polar surface area (TPSA) is 58.4 Å². The van der Waals surface area contributed by atoms with E-state index in [-0.39, 0.29) is 36.8 Å². The number of hydrogen-bond donors (Lipinski definition) is 2. The van der Waals surface area contributed by atoms with E-state index in [9.17, 15) is 4.79 Å². The van der Waals surface area contributed by atoms with Crippen molar-refractivity contribution >= 4 is 30.7 Å². The van der Waals surface area contributed by atoms with Gasteiger partial charge in [0.05, 0.1) is 6.04 Å². The molecule has 144 valence electrons. The van der Waals surface area contributed by atoms with Crippen molar-refractivity contribution in [1.82, 2.24) is 10.2 Å². The summed E-state index contributed by atoms with van der Waals surface area (Å²) >= 11 is 0. The van der Waals surface area contributed by atoms with Gasteiger partial charge in [-0.25, -0.2) is 0 Å². The molecular formula is C19H33Cl2N3O. The quantitative estimate of drug-likeness (QED) is 0.752. The van der Waals surface area contributed by atoms with Crippen molar-refractivity contribution in [1.29, 1.82) is 0 Å². The maximum Gasteiger partial charge on any atom is 0.236 e. The fraction of sp³-hybridized carbons (Fsp3) is 0.632. The maximum absolute atomic E-state index is 12.0. The van der Waals surface area contributed by atoms with E-state index in [0.29, 0.717) is 11.8 Å². The van der Waals surface area contributed by atoms with Gasteiger partial charge in [-0.1, -0.05) is 44.2 Å². The summed E-state index contributed by atoms with van der Waals surface area (Å²) < 4.78 is 0. The summed E-state index contributed by atoms with van der Waals surface area (Å²) in [5, 5.41) is 3.04. The lowest BCUT2D eigenvalue weighted by Crippen LogP contribution is -2.44. The number of rotatable bonds is 7. The van der Waals surface area contributed by atoms with Crippen LogP contribution in [0.25, 0.3) is 0 Å². The summed E-state index contributed by atoms with van der Waals surface area (Å²) in [7, 11) is 0. The molecule has 0 saturated carbocycles. The molecule has 3 N–H and O–H groups in total. The number of hydrogen-bond acceptors (Lipinski definition) is 3. The van der Waals surface area contributed by atoms with Gasteiger partial charge in [-0.3, -0.25) is 9.69 Å². The Morgan fingerprint density at radius 3 is 2.36 bits per heavy atom. The third kappa shape index (κ3) is 8.91. The smallest absolute Gasteiger partial charge is 0.236 e. The highest BCUT2D eigenvalue weighted by Crippen LogP contribution is 2.18. The molecule has 1 amide bonds. The fourth-order valence-electron chi connectivity index (χ4n) is 3.18. The van der Waals surface area contributed by atoms with Crippen LogP contribution < -0.4 is 11.1 Å². The molecule has 0 unspecified atom stereocenters. The van der Waals surface area contributed by atoms with Crippen LogP contribution in [0, 0.1) is 11.8 Å². The van der Waals surface area contributed by atoms with Crippen LogP contribution in [-0.2, 0) is 11.3 Å². The van der Waals surface area contributed by atoms with Crippen molar-refractivity contribution in [2.24, 2.45) is 17.6 Å². The summed E-state index contributed by atoms with van der Waals surface area (Å²) in [6, 6.07) is 10.2. The molecule has 1 atom stereocenters. The van der Waals surface area contributed by atoms with Gasteiger partial charge in [0, 0.05) is 13.1 Å². The zero-order valence-electron chi connectivity index (χ0n) is 15.3. The number of carbonyl (C=O) groups is 1. The Kier molecular flexibility index (Phi) is 12.1.